The van der Waals surface area contributed by atoms with Crippen LogP contribution in [0.15, 0.2) is 12.3 Å². The van der Waals surface area contributed by atoms with Crippen LogP contribution >= 0.6 is 0 Å². The summed E-state index contributed by atoms with van der Waals surface area (Å²) in [5, 5.41) is 4.37. The van der Waals surface area contributed by atoms with Gasteiger partial charge < -0.3 is 5.73 Å². The van der Waals surface area contributed by atoms with Crippen LogP contribution in [0.2, 0.25) is 0 Å². The van der Waals surface area contributed by atoms with Crippen LogP contribution in [0.25, 0.3) is 0 Å². The molecule has 0 atom stereocenters. The lowest BCUT2D eigenvalue weighted by atomic mass is 10.1. The number of unbranched alkanes of at least 4 members (excludes halogenated alkanes) is 6. The third-order valence-corrected chi connectivity index (χ3v) is 2.90. The van der Waals surface area contributed by atoms with Crippen molar-refractivity contribution in [2.75, 3.05) is 0 Å². The van der Waals surface area contributed by atoms with Gasteiger partial charge in [-0.3, -0.25) is 4.68 Å². The summed E-state index contributed by atoms with van der Waals surface area (Å²) in [5.41, 5.74) is 6.50. The molecule has 0 aliphatic rings. The van der Waals surface area contributed by atoms with Crippen LogP contribution in [-0.4, -0.2) is 9.78 Å². The molecule has 0 amide bonds. The highest BCUT2D eigenvalue weighted by atomic mass is 15.3. The third-order valence-electron chi connectivity index (χ3n) is 2.90. The van der Waals surface area contributed by atoms with E-state index in [1.807, 2.05) is 16.9 Å². The maximum Gasteiger partial charge on any atom is 0.0760 e. The van der Waals surface area contributed by atoms with E-state index in [2.05, 4.69) is 12.0 Å². The second-order valence-electron chi connectivity index (χ2n) is 4.40. The number of hydrogen-bond donors (Lipinski definition) is 1. The highest BCUT2D eigenvalue weighted by Crippen LogP contribution is 2.07. The molecule has 1 heterocycles. The number of nitrogens with zero attached hydrogens (tertiary/aromatic N) is 2. The van der Waals surface area contributed by atoms with E-state index >= 15 is 0 Å². The van der Waals surface area contributed by atoms with Crippen molar-refractivity contribution in [1.82, 2.24) is 9.78 Å². The zero-order valence-electron chi connectivity index (χ0n) is 10.5. The summed E-state index contributed by atoms with van der Waals surface area (Å²) in [6, 6.07) is 2.00. The largest absolute Gasteiger partial charge is 0.325 e. The molecule has 2 N–H and O–H groups in total. The second-order valence-corrected chi connectivity index (χ2v) is 4.40. The Morgan fingerprint density at radius 3 is 2.44 bits per heavy atom. The molecule has 0 bridgehead atoms. The number of rotatable bonds is 9. The lowest BCUT2D eigenvalue weighted by Gasteiger charge is -2.02. The molecule has 1 rings (SSSR count). The fourth-order valence-corrected chi connectivity index (χ4v) is 1.87. The van der Waals surface area contributed by atoms with Gasteiger partial charge in [0.2, 0.25) is 0 Å². The fourth-order valence-electron chi connectivity index (χ4n) is 1.87. The molecule has 92 valence electrons. The summed E-state index contributed by atoms with van der Waals surface area (Å²) in [7, 11) is 0. The van der Waals surface area contributed by atoms with Crippen molar-refractivity contribution in [2.45, 2.75) is 65.0 Å². The molecule has 0 spiro atoms. The summed E-state index contributed by atoms with van der Waals surface area (Å²) >= 11 is 0. The van der Waals surface area contributed by atoms with Gasteiger partial charge in [0.15, 0.2) is 0 Å². The van der Waals surface area contributed by atoms with Crippen molar-refractivity contribution >= 4 is 0 Å². The molecule has 0 unspecified atom stereocenters. The third kappa shape index (κ3) is 5.31. The summed E-state index contributed by atoms with van der Waals surface area (Å²) in [5.74, 6) is 0. The highest BCUT2D eigenvalue weighted by Gasteiger charge is 1.96. The summed E-state index contributed by atoms with van der Waals surface area (Å²) in [6.07, 6.45) is 11.5. The molecule has 3 nitrogen and oxygen atoms in total. The first-order valence-electron chi connectivity index (χ1n) is 6.59. The van der Waals surface area contributed by atoms with Crippen LogP contribution in [-0.2, 0) is 13.1 Å². The molecule has 16 heavy (non-hydrogen) atoms. The molecule has 1 aromatic heterocycles. The number of aryl methyl sites for hydroxylation is 1. The molecule has 0 fully saturated rings. The van der Waals surface area contributed by atoms with Gasteiger partial charge in [0, 0.05) is 19.3 Å². The maximum atomic E-state index is 5.51. The number of nitrogens with two attached hydrogens (primary N) is 1. The average Bonchev–Trinajstić information content (AvgIpc) is 2.76. The predicted molar refractivity (Wildman–Crippen MR) is 68.1 cm³/mol. The Hall–Kier alpha value is -0.830. The van der Waals surface area contributed by atoms with Crippen LogP contribution < -0.4 is 5.73 Å². The number of aromatic nitrogens is 2. The van der Waals surface area contributed by atoms with Crippen LogP contribution in [0.1, 0.15) is 57.6 Å². The van der Waals surface area contributed by atoms with Crippen LogP contribution in [0.4, 0.5) is 0 Å². The van der Waals surface area contributed by atoms with Crippen molar-refractivity contribution in [1.29, 1.82) is 0 Å². The molecule has 0 aliphatic heterocycles. The maximum absolute atomic E-state index is 5.51. The van der Waals surface area contributed by atoms with E-state index in [9.17, 15) is 0 Å². The lowest BCUT2D eigenvalue weighted by Crippen LogP contribution is -2.02. The highest BCUT2D eigenvalue weighted by molar-refractivity contribution is 4.97. The lowest BCUT2D eigenvalue weighted by molar-refractivity contribution is 0.520. The van der Waals surface area contributed by atoms with E-state index in [1.165, 1.54) is 44.9 Å². The van der Waals surface area contributed by atoms with E-state index in [0.29, 0.717) is 6.54 Å². The molecule has 0 radical (unpaired) electrons. The SMILES string of the molecule is CCCCCCCCCn1ccc(CN)n1. The average molecular weight is 223 g/mol. The molecule has 3 heteroatoms. The van der Waals surface area contributed by atoms with Crippen molar-refractivity contribution < 1.29 is 0 Å². The minimum Gasteiger partial charge on any atom is -0.325 e. The van der Waals surface area contributed by atoms with Crippen LogP contribution in [0, 0.1) is 0 Å². The van der Waals surface area contributed by atoms with Gasteiger partial charge in [-0.25, -0.2) is 0 Å². The molecule has 0 saturated carbocycles. The van der Waals surface area contributed by atoms with Gasteiger partial charge in [0.1, 0.15) is 0 Å². The van der Waals surface area contributed by atoms with Gasteiger partial charge in [-0.15, -0.1) is 0 Å². The predicted octanol–water partition coefficient (Wildman–Crippen LogP) is 3.09. The smallest absolute Gasteiger partial charge is 0.0760 e. The Morgan fingerprint density at radius 2 is 1.81 bits per heavy atom. The first-order valence-corrected chi connectivity index (χ1v) is 6.59. The minimum absolute atomic E-state index is 0.546. The van der Waals surface area contributed by atoms with Gasteiger partial charge in [0.25, 0.3) is 0 Å². The van der Waals surface area contributed by atoms with Crippen molar-refractivity contribution in [3.05, 3.63) is 18.0 Å². The molecular weight excluding hydrogens is 198 g/mol. The standard InChI is InChI=1S/C13H25N3/c1-2-3-4-5-6-7-8-10-16-11-9-13(12-14)15-16/h9,11H,2-8,10,12,14H2,1H3. The van der Waals surface area contributed by atoms with Crippen LogP contribution in [0.5, 0.6) is 0 Å². The second kappa shape index (κ2) is 8.34. The van der Waals surface area contributed by atoms with E-state index in [0.717, 1.165) is 12.2 Å². The molecule has 0 aliphatic carbocycles. The Labute approximate surface area is 99.0 Å². The van der Waals surface area contributed by atoms with Gasteiger partial charge in [-0.2, -0.15) is 5.10 Å². The topological polar surface area (TPSA) is 43.8 Å². The fraction of sp³-hybridized carbons (Fsp3) is 0.769. The quantitative estimate of drug-likeness (QED) is 0.654. The minimum atomic E-state index is 0.546. The van der Waals surface area contributed by atoms with Crippen molar-refractivity contribution in [3.63, 3.8) is 0 Å². The van der Waals surface area contributed by atoms with Gasteiger partial charge in [-0.05, 0) is 12.5 Å². The molecule has 1 aromatic rings. The Kier molecular flexibility index (Phi) is 6.90. The van der Waals surface area contributed by atoms with Gasteiger partial charge in [-0.1, -0.05) is 45.4 Å². The van der Waals surface area contributed by atoms with Crippen molar-refractivity contribution in [3.8, 4) is 0 Å². The molecule has 0 saturated heterocycles. The summed E-state index contributed by atoms with van der Waals surface area (Å²) < 4.78 is 2.01. The Morgan fingerprint density at radius 1 is 1.12 bits per heavy atom. The Balaban J connectivity index is 1.98. The monoisotopic (exact) mass is 223 g/mol. The van der Waals surface area contributed by atoms with Crippen LogP contribution in [0.3, 0.4) is 0 Å². The summed E-state index contributed by atoms with van der Waals surface area (Å²) in [6.45, 7) is 3.84. The van der Waals surface area contributed by atoms with E-state index in [1.54, 1.807) is 0 Å². The number of hydrogen-bond acceptors (Lipinski definition) is 2. The molecule has 0 aromatic carbocycles. The zero-order chi connectivity index (χ0) is 11.6. The van der Waals surface area contributed by atoms with Crippen molar-refractivity contribution in [2.24, 2.45) is 5.73 Å². The molecular formula is C13H25N3. The normalized spacial score (nSPS) is 10.9. The van der Waals surface area contributed by atoms with E-state index in [4.69, 9.17) is 5.73 Å². The van der Waals surface area contributed by atoms with Gasteiger partial charge in [0.05, 0.1) is 5.69 Å². The van der Waals surface area contributed by atoms with E-state index < -0.39 is 0 Å². The first kappa shape index (κ1) is 13.2. The van der Waals surface area contributed by atoms with E-state index in [-0.39, 0.29) is 0 Å². The summed E-state index contributed by atoms with van der Waals surface area (Å²) in [4.78, 5) is 0. The van der Waals surface area contributed by atoms with Gasteiger partial charge >= 0.3 is 0 Å². The Bertz CT molecular complexity index is 268. The zero-order valence-corrected chi connectivity index (χ0v) is 10.5. The first-order chi connectivity index (χ1) is 7.86.